The monoisotopic (exact) mass is 314 g/mol. The van der Waals surface area contributed by atoms with E-state index < -0.39 is 0 Å². The number of hydrogen-bond donors (Lipinski definition) is 1. The molecule has 1 N–H and O–H groups in total. The number of carbonyl (C=O) groups excluding carboxylic acids is 1. The lowest BCUT2D eigenvalue weighted by Gasteiger charge is -2.57. The molecule has 4 rings (SSSR count). The predicted molar refractivity (Wildman–Crippen MR) is 91.8 cm³/mol. The normalized spacial score (nSPS) is 52.2. The highest BCUT2D eigenvalue weighted by atomic mass is 16.3. The summed E-state index contributed by atoms with van der Waals surface area (Å²) < 4.78 is 0. The molecule has 0 aromatic carbocycles. The molecule has 2 heteroatoms. The summed E-state index contributed by atoms with van der Waals surface area (Å²) in [5.41, 5.74) is 1.64. The highest BCUT2D eigenvalue weighted by Crippen LogP contribution is 2.64. The Morgan fingerprint density at radius 2 is 2.00 bits per heavy atom. The third kappa shape index (κ3) is 2.00. The van der Waals surface area contributed by atoms with E-state index in [9.17, 15) is 9.90 Å². The second-order valence-electron chi connectivity index (χ2n) is 9.05. The smallest absolute Gasteiger partial charge is 0.139 e. The van der Waals surface area contributed by atoms with Gasteiger partial charge in [-0.25, -0.2) is 0 Å². The van der Waals surface area contributed by atoms with E-state index >= 15 is 0 Å². The van der Waals surface area contributed by atoms with Gasteiger partial charge in [-0.1, -0.05) is 31.6 Å². The predicted octanol–water partition coefficient (Wildman–Crippen LogP) is 4.29. The molecule has 0 spiro atoms. The van der Waals surface area contributed by atoms with Crippen molar-refractivity contribution in [2.24, 2.45) is 34.5 Å². The molecule has 0 heterocycles. The Kier molecular flexibility index (Phi) is 3.43. The minimum absolute atomic E-state index is 0.0467. The number of Topliss-reactive ketones (excluding diaryl/α,β-unsaturated/α-hetero) is 1. The summed E-state index contributed by atoms with van der Waals surface area (Å²) in [6, 6.07) is 0. The zero-order valence-electron chi connectivity index (χ0n) is 14.6. The Morgan fingerprint density at radius 3 is 2.74 bits per heavy atom. The zero-order valence-corrected chi connectivity index (χ0v) is 14.6. The number of hydrogen-bond acceptors (Lipinski definition) is 2. The van der Waals surface area contributed by atoms with Gasteiger partial charge in [0.15, 0.2) is 0 Å². The van der Waals surface area contributed by atoms with Crippen LogP contribution in [0.1, 0.15) is 58.8 Å². The van der Waals surface area contributed by atoms with Crippen LogP contribution in [0.4, 0.5) is 0 Å². The lowest BCUT2D eigenvalue weighted by Crippen LogP contribution is -2.51. The van der Waals surface area contributed by atoms with Crippen molar-refractivity contribution in [3.8, 4) is 0 Å². The number of rotatable bonds is 1. The topological polar surface area (TPSA) is 37.3 Å². The number of ketones is 1. The molecule has 3 fully saturated rings. The Hall–Kier alpha value is -0.890. The molecule has 23 heavy (non-hydrogen) atoms. The first-order chi connectivity index (χ1) is 10.9. The van der Waals surface area contributed by atoms with Gasteiger partial charge in [0.1, 0.15) is 5.78 Å². The van der Waals surface area contributed by atoms with E-state index in [1.807, 2.05) is 6.08 Å². The molecule has 0 radical (unpaired) electrons. The molecular weight excluding hydrogens is 284 g/mol. The molecular formula is C21H30O2. The molecule has 4 aliphatic rings. The SMILES string of the molecule is C=C[C@@H]1C[C@@]2(C)C(=CC[C@@H]3[C@@H]2CC[C@]2(C)C(=O)CC[C@@H]32)C[C@H]1O. The summed E-state index contributed by atoms with van der Waals surface area (Å²) in [6.45, 7) is 8.62. The molecule has 0 bridgehead atoms. The first-order valence-electron chi connectivity index (χ1n) is 9.43. The molecule has 3 saturated carbocycles. The summed E-state index contributed by atoms with van der Waals surface area (Å²) in [4.78, 5) is 12.4. The Bertz CT molecular complexity index is 576. The largest absolute Gasteiger partial charge is 0.392 e. The fourth-order valence-electron chi connectivity index (χ4n) is 6.77. The molecule has 7 atom stereocenters. The first-order valence-corrected chi connectivity index (χ1v) is 9.43. The summed E-state index contributed by atoms with van der Waals surface area (Å²) >= 11 is 0. The van der Waals surface area contributed by atoms with Crippen LogP contribution in [0.3, 0.4) is 0 Å². The maximum atomic E-state index is 12.4. The average molecular weight is 314 g/mol. The van der Waals surface area contributed by atoms with Crippen molar-refractivity contribution in [1.29, 1.82) is 0 Å². The standard InChI is InChI=1S/C21H30O2/c1-4-13-12-21(3)14(11-18(13)22)5-6-15-16-7-8-19(23)20(16,2)10-9-17(15)21/h4-5,13,15-18,22H,1,6-12H2,2-3H3/t13-,15+,16+,17+,18-,20+,21+/m1/s1. The molecule has 0 aromatic heterocycles. The average Bonchev–Trinajstić information content (AvgIpc) is 2.83. The Morgan fingerprint density at radius 1 is 1.26 bits per heavy atom. The fourth-order valence-corrected chi connectivity index (χ4v) is 6.77. The van der Waals surface area contributed by atoms with Crippen LogP contribution in [-0.2, 0) is 4.79 Å². The minimum atomic E-state index is -0.259. The van der Waals surface area contributed by atoms with Crippen molar-refractivity contribution >= 4 is 5.78 Å². The fraction of sp³-hybridized carbons (Fsp3) is 0.762. The van der Waals surface area contributed by atoms with E-state index in [0.29, 0.717) is 23.5 Å². The second-order valence-corrected chi connectivity index (χ2v) is 9.05. The molecule has 0 aliphatic heterocycles. The van der Waals surface area contributed by atoms with Crippen LogP contribution in [0, 0.1) is 34.5 Å². The van der Waals surface area contributed by atoms with Gasteiger partial charge in [0, 0.05) is 17.8 Å². The molecule has 0 unspecified atom stereocenters. The van der Waals surface area contributed by atoms with Crippen LogP contribution in [-0.4, -0.2) is 17.0 Å². The highest BCUT2D eigenvalue weighted by molar-refractivity contribution is 5.87. The van der Waals surface area contributed by atoms with E-state index in [1.54, 1.807) is 0 Å². The van der Waals surface area contributed by atoms with Crippen LogP contribution in [0.25, 0.3) is 0 Å². The number of aliphatic hydroxyl groups is 1. The molecule has 0 saturated heterocycles. The van der Waals surface area contributed by atoms with E-state index in [1.165, 1.54) is 12.0 Å². The van der Waals surface area contributed by atoms with Crippen molar-refractivity contribution in [1.82, 2.24) is 0 Å². The second kappa shape index (κ2) is 5.05. The molecule has 126 valence electrons. The molecule has 4 aliphatic carbocycles. The zero-order chi connectivity index (χ0) is 16.4. The summed E-state index contributed by atoms with van der Waals surface area (Å²) in [5, 5.41) is 10.4. The highest BCUT2D eigenvalue weighted by Gasteiger charge is 2.59. The quantitative estimate of drug-likeness (QED) is 0.733. The van der Waals surface area contributed by atoms with Crippen molar-refractivity contribution < 1.29 is 9.90 Å². The van der Waals surface area contributed by atoms with Gasteiger partial charge in [-0.05, 0) is 61.7 Å². The third-order valence-corrected chi connectivity index (χ3v) is 8.22. The van der Waals surface area contributed by atoms with Crippen LogP contribution in [0.15, 0.2) is 24.3 Å². The van der Waals surface area contributed by atoms with Gasteiger partial charge in [0.25, 0.3) is 0 Å². The van der Waals surface area contributed by atoms with Crippen molar-refractivity contribution in [2.75, 3.05) is 0 Å². The van der Waals surface area contributed by atoms with E-state index in [4.69, 9.17) is 0 Å². The van der Waals surface area contributed by atoms with Crippen molar-refractivity contribution in [3.63, 3.8) is 0 Å². The Labute approximate surface area is 140 Å². The lowest BCUT2D eigenvalue weighted by molar-refractivity contribution is -0.132. The van der Waals surface area contributed by atoms with Crippen LogP contribution in [0.5, 0.6) is 0 Å². The lowest BCUT2D eigenvalue weighted by atomic mass is 9.47. The van der Waals surface area contributed by atoms with Gasteiger partial charge in [-0.3, -0.25) is 4.79 Å². The minimum Gasteiger partial charge on any atom is -0.392 e. The van der Waals surface area contributed by atoms with Crippen molar-refractivity contribution in [3.05, 3.63) is 24.3 Å². The first kappa shape index (κ1) is 15.6. The maximum absolute atomic E-state index is 12.4. The summed E-state index contributed by atoms with van der Waals surface area (Å²) in [5.74, 6) is 2.66. The van der Waals surface area contributed by atoms with Crippen LogP contribution < -0.4 is 0 Å². The molecule has 2 nitrogen and oxygen atoms in total. The van der Waals surface area contributed by atoms with Crippen LogP contribution in [0.2, 0.25) is 0 Å². The summed E-state index contributed by atoms with van der Waals surface area (Å²) in [6.07, 6.45) is 11.2. The van der Waals surface area contributed by atoms with E-state index in [2.05, 4.69) is 26.5 Å². The molecule has 0 aromatic rings. The van der Waals surface area contributed by atoms with E-state index in [0.717, 1.165) is 38.5 Å². The number of carbonyl (C=O) groups is 1. The maximum Gasteiger partial charge on any atom is 0.139 e. The van der Waals surface area contributed by atoms with Crippen LogP contribution >= 0.6 is 0 Å². The van der Waals surface area contributed by atoms with Gasteiger partial charge >= 0.3 is 0 Å². The number of aliphatic hydroxyl groups excluding tert-OH is 1. The third-order valence-electron chi connectivity index (χ3n) is 8.22. The van der Waals surface area contributed by atoms with Gasteiger partial charge in [-0.2, -0.15) is 0 Å². The number of allylic oxidation sites excluding steroid dienone is 1. The van der Waals surface area contributed by atoms with Gasteiger partial charge in [-0.15, -0.1) is 6.58 Å². The van der Waals surface area contributed by atoms with Gasteiger partial charge in [0.2, 0.25) is 0 Å². The Balaban J connectivity index is 1.70. The van der Waals surface area contributed by atoms with Gasteiger partial charge in [0.05, 0.1) is 6.10 Å². The summed E-state index contributed by atoms with van der Waals surface area (Å²) in [7, 11) is 0. The van der Waals surface area contributed by atoms with Crippen molar-refractivity contribution in [2.45, 2.75) is 64.9 Å². The van der Waals surface area contributed by atoms with E-state index in [-0.39, 0.29) is 22.9 Å². The molecule has 0 amide bonds. The van der Waals surface area contributed by atoms with Gasteiger partial charge < -0.3 is 5.11 Å². The number of fused-ring (bicyclic) bond motifs is 5.